The van der Waals surface area contributed by atoms with Crippen LogP contribution in [0.5, 0.6) is 11.5 Å². The summed E-state index contributed by atoms with van der Waals surface area (Å²) >= 11 is 3.43. The van der Waals surface area contributed by atoms with Gasteiger partial charge in [0.25, 0.3) is 5.91 Å². The van der Waals surface area contributed by atoms with Crippen LogP contribution in [0.2, 0.25) is 0 Å². The van der Waals surface area contributed by atoms with Crippen molar-refractivity contribution in [2.45, 2.75) is 52.6 Å². The molecule has 9 nitrogen and oxygen atoms in total. The number of nitrogens with one attached hydrogen (secondary N) is 2. The first-order valence-corrected chi connectivity index (χ1v) is 14.0. The Balaban J connectivity index is 1.62. The van der Waals surface area contributed by atoms with Gasteiger partial charge in [0.1, 0.15) is 18.2 Å². The van der Waals surface area contributed by atoms with Gasteiger partial charge in [-0.3, -0.25) is 4.79 Å². The van der Waals surface area contributed by atoms with Gasteiger partial charge in [0.15, 0.2) is 11.5 Å². The van der Waals surface area contributed by atoms with E-state index in [1.807, 2.05) is 61.5 Å². The highest BCUT2D eigenvalue weighted by Crippen LogP contribution is 2.29. The lowest BCUT2D eigenvalue weighted by Crippen LogP contribution is -2.49. The monoisotopic (exact) mass is 625 g/mol. The third-order valence-electron chi connectivity index (χ3n) is 5.37. The van der Waals surface area contributed by atoms with E-state index >= 15 is 0 Å². The molecule has 0 aliphatic heterocycles. The van der Waals surface area contributed by atoms with Crippen molar-refractivity contribution in [3.63, 3.8) is 0 Å². The molecule has 3 rings (SSSR count). The number of benzene rings is 3. The first-order chi connectivity index (χ1) is 19.6. The Hall–Kier alpha value is -3.89. The van der Waals surface area contributed by atoms with E-state index in [9.17, 15) is 9.59 Å². The lowest BCUT2D eigenvalue weighted by Gasteiger charge is -2.22. The molecule has 0 aliphatic carbocycles. The summed E-state index contributed by atoms with van der Waals surface area (Å²) < 4.78 is 23.7. The van der Waals surface area contributed by atoms with Gasteiger partial charge in [-0.25, -0.2) is 10.2 Å². The SMILES string of the molecule is CCOc1cc(/C=N\NC(=O)[C@H](COCc2ccccc2)NC(=O)OC(C)(C)C)ccc1OCc1ccc(Br)cc1. The summed E-state index contributed by atoms with van der Waals surface area (Å²) in [5, 5.41) is 6.63. The number of hydrogen-bond donors (Lipinski definition) is 2. The number of hydrazone groups is 1. The van der Waals surface area contributed by atoms with Crippen molar-refractivity contribution in [1.29, 1.82) is 0 Å². The highest BCUT2D eigenvalue weighted by molar-refractivity contribution is 9.10. The molecule has 3 aromatic carbocycles. The second-order valence-electron chi connectivity index (χ2n) is 9.99. The fraction of sp³-hybridized carbons (Fsp3) is 0.323. The van der Waals surface area contributed by atoms with Gasteiger partial charge in [0.05, 0.1) is 26.0 Å². The number of alkyl carbamates (subject to hydrolysis) is 1. The Bertz CT molecular complexity index is 1290. The molecule has 0 saturated heterocycles. The lowest BCUT2D eigenvalue weighted by molar-refractivity contribution is -0.124. The molecular formula is C31H36BrN3O6. The van der Waals surface area contributed by atoms with E-state index in [1.165, 1.54) is 6.21 Å². The molecule has 0 bridgehead atoms. The summed E-state index contributed by atoms with van der Waals surface area (Å²) in [7, 11) is 0. The summed E-state index contributed by atoms with van der Waals surface area (Å²) in [5.74, 6) is 0.589. The minimum atomic E-state index is -1.03. The predicted molar refractivity (Wildman–Crippen MR) is 161 cm³/mol. The molecule has 2 N–H and O–H groups in total. The van der Waals surface area contributed by atoms with Gasteiger partial charge in [-0.1, -0.05) is 58.4 Å². The number of hydrogen-bond acceptors (Lipinski definition) is 7. The molecule has 2 amide bonds. The van der Waals surface area contributed by atoms with Crippen LogP contribution < -0.4 is 20.2 Å². The van der Waals surface area contributed by atoms with Gasteiger partial charge in [-0.2, -0.15) is 5.10 Å². The Morgan fingerprint density at radius 2 is 1.63 bits per heavy atom. The Labute approximate surface area is 249 Å². The number of amides is 2. The van der Waals surface area contributed by atoms with Crippen molar-refractivity contribution < 1.29 is 28.5 Å². The van der Waals surface area contributed by atoms with Crippen molar-refractivity contribution in [3.8, 4) is 11.5 Å². The average Bonchev–Trinajstić information content (AvgIpc) is 2.92. The second kappa shape index (κ2) is 15.8. The molecule has 3 aromatic rings. The van der Waals surface area contributed by atoms with E-state index in [2.05, 4.69) is 31.8 Å². The van der Waals surface area contributed by atoms with E-state index in [4.69, 9.17) is 18.9 Å². The lowest BCUT2D eigenvalue weighted by atomic mass is 10.2. The number of carbonyl (C=O) groups excluding carboxylic acids is 2. The van der Waals surface area contributed by atoms with Crippen molar-refractivity contribution >= 4 is 34.1 Å². The summed E-state index contributed by atoms with van der Waals surface area (Å²) in [5.41, 5.74) is 4.39. The molecule has 0 heterocycles. The van der Waals surface area contributed by atoms with Crippen molar-refractivity contribution in [1.82, 2.24) is 10.7 Å². The normalized spacial score (nSPS) is 12.0. The number of halogens is 1. The third kappa shape index (κ3) is 11.6. The first kappa shape index (κ1) is 31.6. The summed E-state index contributed by atoms with van der Waals surface area (Å²) in [6.45, 7) is 8.15. The molecule has 0 fully saturated rings. The fourth-order valence-electron chi connectivity index (χ4n) is 3.48. The Morgan fingerprint density at radius 3 is 2.32 bits per heavy atom. The number of carbonyl (C=O) groups is 2. The number of rotatable bonds is 13. The summed E-state index contributed by atoms with van der Waals surface area (Å²) in [4.78, 5) is 25.3. The van der Waals surface area contributed by atoms with E-state index < -0.39 is 23.6 Å². The van der Waals surface area contributed by atoms with Crippen LogP contribution in [0.25, 0.3) is 0 Å². The quantitative estimate of drug-likeness (QED) is 0.178. The van der Waals surface area contributed by atoms with E-state index in [1.54, 1.807) is 39.0 Å². The molecule has 41 heavy (non-hydrogen) atoms. The standard InChI is InChI=1S/C31H36BrN3O6/c1-5-39-28-17-24(13-16-27(28)40-20-23-11-14-25(32)15-12-23)18-33-35-29(36)26(34-30(37)41-31(2,3)4)21-38-19-22-9-7-6-8-10-22/h6-18,26H,5,19-21H2,1-4H3,(H,34,37)(H,35,36)/b33-18-/t26-/m0/s1. The van der Waals surface area contributed by atoms with Crippen LogP contribution in [0.15, 0.2) is 82.4 Å². The van der Waals surface area contributed by atoms with Crippen LogP contribution in [0.1, 0.15) is 44.4 Å². The zero-order chi connectivity index (χ0) is 29.7. The van der Waals surface area contributed by atoms with E-state index in [0.29, 0.717) is 30.3 Å². The molecule has 0 aromatic heterocycles. The molecule has 0 aliphatic rings. The van der Waals surface area contributed by atoms with Gasteiger partial charge >= 0.3 is 6.09 Å². The maximum absolute atomic E-state index is 12.9. The minimum Gasteiger partial charge on any atom is -0.490 e. The maximum atomic E-state index is 12.9. The van der Waals surface area contributed by atoms with Crippen molar-refractivity contribution in [2.24, 2.45) is 5.10 Å². The minimum absolute atomic E-state index is 0.0750. The highest BCUT2D eigenvalue weighted by atomic mass is 79.9. The fourth-order valence-corrected chi connectivity index (χ4v) is 3.75. The van der Waals surface area contributed by atoms with Gasteiger partial charge in [-0.05, 0) is 74.7 Å². The van der Waals surface area contributed by atoms with Crippen LogP contribution in [-0.2, 0) is 27.5 Å². The second-order valence-corrected chi connectivity index (χ2v) is 10.9. The molecular weight excluding hydrogens is 590 g/mol. The predicted octanol–water partition coefficient (Wildman–Crippen LogP) is 5.99. The van der Waals surface area contributed by atoms with Crippen molar-refractivity contribution in [3.05, 3.63) is 94.0 Å². The van der Waals surface area contributed by atoms with Crippen LogP contribution in [-0.4, -0.2) is 43.1 Å². The molecule has 0 saturated carbocycles. The topological polar surface area (TPSA) is 107 Å². The van der Waals surface area contributed by atoms with Crippen LogP contribution >= 0.6 is 15.9 Å². The summed E-state index contributed by atoms with van der Waals surface area (Å²) in [6, 6.07) is 21.7. The van der Waals surface area contributed by atoms with Gasteiger partial charge in [-0.15, -0.1) is 0 Å². The summed E-state index contributed by atoms with van der Waals surface area (Å²) in [6.07, 6.45) is 0.749. The van der Waals surface area contributed by atoms with Gasteiger partial charge in [0.2, 0.25) is 0 Å². The maximum Gasteiger partial charge on any atom is 0.408 e. The van der Waals surface area contributed by atoms with E-state index in [-0.39, 0.29) is 13.2 Å². The Kier molecular flexibility index (Phi) is 12.2. The Morgan fingerprint density at radius 1 is 0.927 bits per heavy atom. The molecule has 10 heteroatoms. The molecule has 0 unspecified atom stereocenters. The van der Waals surface area contributed by atoms with E-state index in [0.717, 1.165) is 15.6 Å². The zero-order valence-electron chi connectivity index (χ0n) is 23.7. The average molecular weight is 627 g/mol. The van der Waals surface area contributed by atoms with Crippen molar-refractivity contribution in [2.75, 3.05) is 13.2 Å². The van der Waals surface area contributed by atoms with Gasteiger partial charge in [0, 0.05) is 4.47 Å². The smallest absolute Gasteiger partial charge is 0.408 e. The number of nitrogens with zero attached hydrogens (tertiary/aromatic N) is 1. The third-order valence-corrected chi connectivity index (χ3v) is 5.90. The van der Waals surface area contributed by atoms with Gasteiger partial charge < -0.3 is 24.3 Å². The zero-order valence-corrected chi connectivity index (χ0v) is 25.3. The van der Waals surface area contributed by atoms with Crippen LogP contribution in [0, 0.1) is 0 Å². The molecule has 218 valence electrons. The first-order valence-electron chi connectivity index (χ1n) is 13.2. The number of ether oxygens (including phenoxy) is 4. The molecule has 1 atom stereocenters. The largest absolute Gasteiger partial charge is 0.490 e. The van der Waals surface area contributed by atoms with Crippen LogP contribution in [0.4, 0.5) is 4.79 Å². The highest BCUT2D eigenvalue weighted by Gasteiger charge is 2.24. The molecule has 0 spiro atoms. The molecule has 0 radical (unpaired) electrons. The van der Waals surface area contributed by atoms with Crippen LogP contribution in [0.3, 0.4) is 0 Å².